The van der Waals surface area contributed by atoms with Crippen molar-refractivity contribution >= 4 is 5.91 Å². The van der Waals surface area contributed by atoms with E-state index < -0.39 is 0 Å². The van der Waals surface area contributed by atoms with Crippen LogP contribution in [0.3, 0.4) is 0 Å². The highest BCUT2D eigenvalue weighted by molar-refractivity contribution is 5.77. The van der Waals surface area contributed by atoms with E-state index in [1.54, 1.807) is 0 Å². The number of rotatable bonds is 5. The maximum Gasteiger partial charge on any atom is 0.223 e. The Kier molecular flexibility index (Phi) is 5.78. The first kappa shape index (κ1) is 17.5. The van der Waals surface area contributed by atoms with Crippen LogP contribution in [-0.4, -0.2) is 45.9 Å². The summed E-state index contributed by atoms with van der Waals surface area (Å²) in [4.78, 5) is 14.5. The van der Waals surface area contributed by atoms with E-state index in [0.717, 1.165) is 17.0 Å². The molecule has 2 heterocycles. The molecule has 1 aromatic rings. The molecule has 1 aliphatic rings. The summed E-state index contributed by atoms with van der Waals surface area (Å²) in [5.74, 6) is 0.177. The second-order valence-electron chi connectivity index (χ2n) is 6.32. The Morgan fingerprint density at radius 1 is 1.43 bits per heavy atom. The van der Waals surface area contributed by atoms with Gasteiger partial charge in [0.25, 0.3) is 0 Å². The molecule has 0 aromatic carbocycles. The summed E-state index contributed by atoms with van der Waals surface area (Å²) < 4.78 is 7.45. The van der Waals surface area contributed by atoms with E-state index in [0.29, 0.717) is 39.0 Å². The van der Waals surface area contributed by atoms with Gasteiger partial charge in [-0.25, -0.2) is 0 Å². The van der Waals surface area contributed by atoms with Crippen LogP contribution in [0.4, 0.5) is 0 Å². The zero-order valence-electron chi connectivity index (χ0n) is 14.5. The monoisotopic (exact) mass is 318 g/mol. The Hall–Kier alpha value is -1.87. The minimum atomic E-state index is 0.104. The molecular formula is C17H26N4O2. The van der Waals surface area contributed by atoms with Crippen molar-refractivity contribution in [1.29, 1.82) is 5.26 Å². The average molecular weight is 318 g/mol. The van der Waals surface area contributed by atoms with Crippen molar-refractivity contribution in [3.05, 3.63) is 17.0 Å². The fourth-order valence-corrected chi connectivity index (χ4v) is 3.10. The van der Waals surface area contributed by atoms with Gasteiger partial charge in [0.1, 0.15) is 0 Å². The Balaban J connectivity index is 1.99. The van der Waals surface area contributed by atoms with E-state index in [1.807, 2.05) is 37.3 Å². The minimum Gasteiger partial charge on any atom is -0.375 e. The Morgan fingerprint density at radius 2 is 2.17 bits per heavy atom. The number of aryl methyl sites for hydroxylation is 2. The molecule has 2 rings (SSSR count). The third-order valence-corrected chi connectivity index (χ3v) is 4.48. The van der Waals surface area contributed by atoms with Crippen LogP contribution in [0.15, 0.2) is 0 Å². The Bertz CT molecular complexity index is 602. The second kappa shape index (κ2) is 7.60. The lowest BCUT2D eigenvalue weighted by molar-refractivity contribution is -0.143. The predicted molar refractivity (Wildman–Crippen MR) is 86.8 cm³/mol. The van der Waals surface area contributed by atoms with E-state index in [9.17, 15) is 4.79 Å². The van der Waals surface area contributed by atoms with Gasteiger partial charge in [-0.2, -0.15) is 10.4 Å². The standard InChI is InChI=1S/C17H26N4O2/c1-12-11-23-13(2)10-20(12)17(22)7-6-16-14(3)19-21(15(16)4)9-5-8-18/h12-13H,5-7,9-11H2,1-4H3. The molecule has 2 unspecified atom stereocenters. The number of carbonyl (C=O) groups is 1. The van der Waals surface area contributed by atoms with Crippen LogP contribution in [0.25, 0.3) is 0 Å². The SMILES string of the molecule is Cc1nn(CCC#N)c(C)c1CCC(=O)N1CC(C)OCC1C. The molecule has 1 saturated heterocycles. The van der Waals surface area contributed by atoms with E-state index in [4.69, 9.17) is 10.00 Å². The predicted octanol–water partition coefficient (Wildman–Crippen LogP) is 1.98. The smallest absolute Gasteiger partial charge is 0.223 e. The molecule has 6 heteroatoms. The fourth-order valence-electron chi connectivity index (χ4n) is 3.10. The van der Waals surface area contributed by atoms with Gasteiger partial charge >= 0.3 is 0 Å². The number of hydrogen-bond acceptors (Lipinski definition) is 4. The molecule has 0 saturated carbocycles. The molecule has 1 amide bonds. The van der Waals surface area contributed by atoms with Gasteiger partial charge in [0.05, 0.1) is 43.5 Å². The molecule has 1 fully saturated rings. The number of aromatic nitrogens is 2. The van der Waals surface area contributed by atoms with Crippen molar-refractivity contribution in [2.75, 3.05) is 13.2 Å². The molecule has 1 aliphatic heterocycles. The summed E-state index contributed by atoms with van der Waals surface area (Å²) >= 11 is 0. The summed E-state index contributed by atoms with van der Waals surface area (Å²) in [5, 5.41) is 13.2. The molecule has 0 spiro atoms. The third kappa shape index (κ3) is 4.11. The van der Waals surface area contributed by atoms with Crippen molar-refractivity contribution in [1.82, 2.24) is 14.7 Å². The average Bonchev–Trinajstić information content (AvgIpc) is 2.79. The maximum absolute atomic E-state index is 12.5. The molecule has 2 atom stereocenters. The van der Waals surface area contributed by atoms with Gasteiger partial charge in [0.2, 0.25) is 5.91 Å². The molecule has 0 aliphatic carbocycles. The third-order valence-electron chi connectivity index (χ3n) is 4.48. The number of amides is 1. The Labute approximate surface area is 138 Å². The molecular weight excluding hydrogens is 292 g/mol. The van der Waals surface area contributed by atoms with Crippen molar-refractivity contribution in [2.45, 2.75) is 65.6 Å². The van der Waals surface area contributed by atoms with Crippen LogP contribution in [-0.2, 0) is 22.5 Å². The lowest BCUT2D eigenvalue weighted by Crippen LogP contribution is -2.50. The number of hydrogen-bond donors (Lipinski definition) is 0. The minimum absolute atomic E-state index is 0.104. The first-order chi connectivity index (χ1) is 10.9. The van der Waals surface area contributed by atoms with Crippen LogP contribution in [0.5, 0.6) is 0 Å². The van der Waals surface area contributed by atoms with Gasteiger partial charge in [-0.3, -0.25) is 9.48 Å². The van der Waals surface area contributed by atoms with Crippen LogP contribution in [0.1, 0.15) is 43.6 Å². The lowest BCUT2D eigenvalue weighted by atomic mass is 10.1. The van der Waals surface area contributed by atoms with Gasteiger partial charge in [-0.15, -0.1) is 0 Å². The molecule has 6 nitrogen and oxygen atoms in total. The van der Waals surface area contributed by atoms with Gasteiger partial charge in [0.15, 0.2) is 0 Å². The summed E-state index contributed by atoms with van der Waals surface area (Å²) in [6.45, 7) is 9.89. The highest BCUT2D eigenvalue weighted by Crippen LogP contribution is 2.18. The van der Waals surface area contributed by atoms with Crippen molar-refractivity contribution in [3.63, 3.8) is 0 Å². The lowest BCUT2D eigenvalue weighted by Gasteiger charge is -2.37. The van der Waals surface area contributed by atoms with Crippen molar-refractivity contribution in [3.8, 4) is 6.07 Å². The number of morpholine rings is 1. The molecule has 0 bridgehead atoms. The van der Waals surface area contributed by atoms with E-state index in [-0.39, 0.29) is 18.1 Å². The second-order valence-corrected chi connectivity index (χ2v) is 6.32. The summed E-state index contributed by atoms with van der Waals surface area (Å²) in [7, 11) is 0. The van der Waals surface area contributed by atoms with Crippen LogP contribution in [0, 0.1) is 25.2 Å². The van der Waals surface area contributed by atoms with Gasteiger partial charge < -0.3 is 9.64 Å². The summed E-state index contributed by atoms with van der Waals surface area (Å²) in [6, 6.07) is 2.28. The van der Waals surface area contributed by atoms with E-state index >= 15 is 0 Å². The Morgan fingerprint density at radius 3 is 2.87 bits per heavy atom. The summed E-state index contributed by atoms with van der Waals surface area (Å²) in [5.41, 5.74) is 3.15. The molecule has 1 aromatic heterocycles. The fraction of sp³-hybridized carbons (Fsp3) is 0.706. The van der Waals surface area contributed by atoms with Crippen LogP contribution < -0.4 is 0 Å². The number of nitrogens with zero attached hydrogens (tertiary/aromatic N) is 4. The van der Waals surface area contributed by atoms with Crippen molar-refractivity contribution in [2.24, 2.45) is 0 Å². The summed E-state index contributed by atoms with van der Waals surface area (Å²) in [6.07, 6.45) is 1.74. The van der Waals surface area contributed by atoms with E-state index in [2.05, 4.69) is 11.2 Å². The quantitative estimate of drug-likeness (QED) is 0.832. The van der Waals surface area contributed by atoms with Crippen molar-refractivity contribution < 1.29 is 9.53 Å². The first-order valence-corrected chi connectivity index (χ1v) is 8.25. The molecule has 126 valence electrons. The zero-order chi connectivity index (χ0) is 17.0. The number of ether oxygens (including phenoxy) is 1. The number of nitriles is 1. The van der Waals surface area contributed by atoms with Crippen LogP contribution >= 0.6 is 0 Å². The van der Waals surface area contributed by atoms with Gasteiger partial charge in [0, 0.05) is 18.7 Å². The number of carbonyl (C=O) groups excluding carboxylic acids is 1. The maximum atomic E-state index is 12.5. The molecule has 0 N–H and O–H groups in total. The first-order valence-electron chi connectivity index (χ1n) is 8.25. The van der Waals surface area contributed by atoms with E-state index in [1.165, 1.54) is 0 Å². The highest BCUT2D eigenvalue weighted by Gasteiger charge is 2.27. The molecule has 23 heavy (non-hydrogen) atoms. The zero-order valence-corrected chi connectivity index (χ0v) is 14.5. The van der Waals surface area contributed by atoms with Gasteiger partial charge in [-0.05, 0) is 39.7 Å². The van der Waals surface area contributed by atoms with Crippen LogP contribution in [0.2, 0.25) is 0 Å². The largest absolute Gasteiger partial charge is 0.375 e. The molecule has 0 radical (unpaired) electrons. The normalized spacial score (nSPS) is 21.3. The topological polar surface area (TPSA) is 71.2 Å². The van der Waals surface area contributed by atoms with Gasteiger partial charge in [-0.1, -0.05) is 0 Å². The highest BCUT2D eigenvalue weighted by atomic mass is 16.5.